The molecule has 1 unspecified atom stereocenters. The van der Waals surface area contributed by atoms with Crippen molar-refractivity contribution < 1.29 is 27.2 Å². The summed E-state index contributed by atoms with van der Waals surface area (Å²) in [5.41, 5.74) is 0.439. The maximum absolute atomic E-state index is 13.3. The number of rotatable bonds is 4. The molecule has 0 aliphatic carbocycles. The lowest BCUT2D eigenvalue weighted by molar-refractivity contribution is -0.184. The first-order valence-corrected chi connectivity index (χ1v) is 7.92. The Balaban J connectivity index is 2.39. The molecule has 0 radical (unpaired) electrons. The summed E-state index contributed by atoms with van der Waals surface area (Å²) in [6.45, 7) is -0.182. The van der Waals surface area contributed by atoms with Crippen molar-refractivity contribution in [2.45, 2.75) is 24.8 Å². The molecule has 2 heterocycles. The van der Waals surface area contributed by atoms with Crippen LogP contribution in [-0.2, 0) is 16.0 Å². The predicted octanol–water partition coefficient (Wildman–Crippen LogP) is 3.04. The monoisotopic (exact) mass is 387 g/mol. The van der Waals surface area contributed by atoms with E-state index >= 15 is 0 Å². The highest BCUT2D eigenvalue weighted by atomic mass is 79.9. The molecule has 0 saturated heterocycles. The first-order valence-electron chi connectivity index (χ1n) is 5.92. The number of halogens is 5. The molecular weight excluding hydrogens is 378 g/mol. The van der Waals surface area contributed by atoms with Gasteiger partial charge in [-0.05, 0) is 23.4 Å². The van der Waals surface area contributed by atoms with Gasteiger partial charge in [-0.25, -0.2) is 8.78 Å². The molecule has 0 N–H and O–H groups in total. The lowest BCUT2D eigenvalue weighted by Gasteiger charge is -2.36. The van der Waals surface area contributed by atoms with Gasteiger partial charge in [0.2, 0.25) is 0 Å². The highest BCUT2D eigenvalue weighted by Crippen LogP contribution is 2.37. The number of ketones is 1. The maximum Gasteiger partial charge on any atom is 0.383 e. The zero-order chi connectivity index (χ0) is 15.8. The van der Waals surface area contributed by atoms with Gasteiger partial charge < -0.3 is 4.90 Å². The molecule has 0 bridgehead atoms. The van der Waals surface area contributed by atoms with Gasteiger partial charge in [-0.3, -0.25) is 9.59 Å². The van der Waals surface area contributed by atoms with Crippen molar-refractivity contribution in [1.29, 1.82) is 0 Å². The Morgan fingerprint density at radius 3 is 2.71 bits per heavy atom. The van der Waals surface area contributed by atoms with Crippen LogP contribution in [0.1, 0.15) is 16.5 Å². The first kappa shape index (κ1) is 16.4. The van der Waals surface area contributed by atoms with E-state index in [1.165, 1.54) is 11.3 Å². The predicted molar refractivity (Wildman–Crippen MR) is 72.2 cm³/mol. The molecule has 1 atom stereocenters. The highest BCUT2D eigenvalue weighted by Gasteiger charge is 2.53. The van der Waals surface area contributed by atoms with E-state index < -0.39 is 30.1 Å². The van der Waals surface area contributed by atoms with Gasteiger partial charge in [0.1, 0.15) is 6.04 Å². The smallest absolute Gasteiger partial charge is 0.323 e. The second kappa shape index (κ2) is 6.04. The molecule has 116 valence electrons. The average Bonchev–Trinajstić information content (AvgIpc) is 2.92. The second-order valence-electron chi connectivity index (χ2n) is 4.47. The molecule has 0 spiro atoms. The average molecular weight is 388 g/mol. The lowest BCUT2D eigenvalue weighted by Crippen LogP contribution is -2.52. The number of fused-ring (bicyclic) bond motifs is 1. The number of nitrogens with zero attached hydrogens (tertiary/aromatic N) is 1. The summed E-state index contributed by atoms with van der Waals surface area (Å²) in [6.07, 6.45) is -3.84. The zero-order valence-corrected chi connectivity index (χ0v) is 12.9. The van der Waals surface area contributed by atoms with Crippen molar-refractivity contribution >= 4 is 39.0 Å². The number of thiophene rings is 1. The number of carbonyl (C=O) groups is 2. The van der Waals surface area contributed by atoms with Crippen molar-refractivity contribution in [3.63, 3.8) is 0 Å². The van der Waals surface area contributed by atoms with Crippen LogP contribution in [0.15, 0.2) is 11.4 Å². The molecule has 21 heavy (non-hydrogen) atoms. The van der Waals surface area contributed by atoms with Crippen LogP contribution < -0.4 is 0 Å². The fourth-order valence-corrected chi connectivity index (χ4v) is 3.45. The standard InChI is InChI=1S/C12H10BrF4NO2S/c13-5-7(19)9-6-2-4-21-8(6)1-3-18(9)11(20)12(16,17)10(14)15/h2,4,9-10H,1,3,5H2. The molecule has 3 nitrogen and oxygen atoms in total. The Morgan fingerprint density at radius 1 is 1.48 bits per heavy atom. The number of hydrogen-bond acceptors (Lipinski definition) is 3. The van der Waals surface area contributed by atoms with Gasteiger partial charge in [-0.1, -0.05) is 15.9 Å². The fraction of sp³-hybridized carbons (Fsp3) is 0.500. The van der Waals surface area contributed by atoms with E-state index in [2.05, 4.69) is 15.9 Å². The van der Waals surface area contributed by atoms with Gasteiger partial charge in [0.25, 0.3) is 5.91 Å². The van der Waals surface area contributed by atoms with Crippen LogP contribution in [0.2, 0.25) is 0 Å². The van der Waals surface area contributed by atoms with Crippen molar-refractivity contribution in [1.82, 2.24) is 4.90 Å². The van der Waals surface area contributed by atoms with E-state index in [1.807, 2.05) is 0 Å². The Morgan fingerprint density at radius 2 is 2.14 bits per heavy atom. The molecule has 9 heteroatoms. The fourth-order valence-electron chi connectivity index (χ4n) is 2.24. The molecule has 1 aliphatic rings. The summed E-state index contributed by atoms with van der Waals surface area (Å²) in [4.78, 5) is 25.1. The Bertz CT molecular complexity index is 563. The second-order valence-corrected chi connectivity index (χ2v) is 6.04. The molecular formula is C12H10BrF4NO2S. The van der Waals surface area contributed by atoms with E-state index in [0.717, 1.165) is 4.88 Å². The minimum atomic E-state index is -4.79. The highest BCUT2D eigenvalue weighted by molar-refractivity contribution is 9.09. The van der Waals surface area contributed by atoms with E-state index in [1.54, 1.807) is 11.4 Å². The van der Waals surface area contributed by atoms with Gasteiger partial charge in [0, 0.05) is 11.4 Å². The van der Waals surface area contributed by atoms with E-state index in [-0.39, 0.29) is 18.3 Å². The van der Waals surface area contributed by atoms with Crippen LogP contribution in [0.5, 0.6) is 0 Å². The van der Waals surface area contributed by atoms with Crippen LogP contribution in [0.4, 0.5) is 17.6 Å². The van der Waals surface area contributed by atoms with Crippen molar-refractivity contribution in [2.75, 3.05) is 11.9 Å². The third-order valence-electron chi connectivity index (χ3n) is 3.22. The molecule has 1 aromatic heterocycles. The topological polar surface area (TPSA) is 37.4 Å². The van der Waals surface area contributed by atoms with Crippen LogP contribution in [-0.4, -0.2) is 40.8 Å². The third-order valence-corrected chi connectivity index (χ3v) is 4.77. The minimum absolute atomic E-state index is 0.156. The minimum Gasteiger partial charge on any atom is -0.323 e. The normalized spacial score (nSPS) is 18.8. The number of carbonyl (C=O) groups excluding carboxylic acids is 2. The third kappa shape index (κ3) is 2.85. The van der Waals surface area contributed by atoms with Gasteiger partial charge in [-0.2, -0.15) is 8.78 Å². The summed E-state index contributed by atoms with van der Waals surface area (Å²) < 4.78 is 51.4. The molecule has 2 rings (SSSR count). The first-order chi connectivity index (χ1) is 9.80. The van der Waals surface area contributed by atoms with Crippen molar-refractivity contribution in [3.05, 3.63) is 21.9 Å². The van der Waals surface area contributed by atoms with Crippen LogP contribution in [0.25, 0.3) is 0 Å². The summed E-state index contributed by atoms with van der Waals surface area (Å²) in [5, 5.41) is 1.52. The van der Waals surface area contributed by atoms with E-state index in [4.69, 9.17) is 0 Å². The molecule has 0 fully saturated rings. The molecule has 1 aromatic rings. The molecule has 0 aromatic carbocycles. The SMILES string of the molecule is O=C(CBr)C1c2ccsc2CCN1C(=O)C(F)(F)C(F)F. The molecule has 1 aliphatic heterocycles. The summed E-state index contributed by atoms with van der Waals surface area (Å²) in [6, 6.07) is 0.321. The molecule has 1 amide bonds. The van der Waals surface area contributed by atoms with Crippen molar-refractivity contribution in [3.8, 4) is 0 Å². The van der Waals surface area contributed by atoms with Gasteiger partial charge in [0.05, 0.1) is 5.33 Å². The van der Waals surface area contributed by atoms with E-state index in [0.29, 0.717) is 10.5 Å². The Labute approximate surface area is 130 Å². The quantitative estimate of drug-likeness (QED) is 0.588. The maximum atomic E-state index is 13.3. The van der Waals surface area contributed by atoms with Crippen LogP contribution >= 0.6 is 27.3 Å². The zero-order valence-electron chi connectivity index (χ0n) is 10.5. The summed E-state index contributed by atoms with van der Waals surface area (Å²) in [5.74, 6) is -7.32. The van der Waals surface area contributed by atoms with Gasteiger partial charge >= 0.3 is 12.3 Å². The number of Topliss-reactive ketones (excluding diaryl/α,β-unsaturated/α-hetero) is 1. The number of amides is 1. The van der Waals surface area contributed by atoms with Crippen LogP contribution in [0, 0.1) is 0 Å². The van der Waals surface area contributed by atoms with Crippen LogP contribution in [0.3, 0.4) is 0 Å². The van der Waals surface area contributed by atoms with Gasteiger partial charge in [0.15, 0.2) is 5.78 Å². The van der Waals surface area contributed by atoms with E-state index in [9.17, 15) is 27.2 Å². The summed E-state index contributed by atoms with van der Waals surface area (Å²) in [7, 11) is 0. The molecule has 0 saturated carbocycles. The number of hydrogen-bond donors (Lipinski definition) is 0. The lowest BCUT2D eigenvalue weighted by atomic mass is 9.96. The number of alkyl halides is 5. The summed E-state index contributed by atoms with van der Waals surface area (Å²) >= 11 is 4.27. The Kier molecular flexibility index (Phi) is 4.72. The largest absolute Gasteiger partial charge is 0.383 e. The Hall–Kier alpha value is -0.960. The van der Waals surface area contributed by atoms with Gasteiger partial charge in [-0.15, -0.1) is 11.3 Å². The van der Waals surface area contributed by atoms with Crippen molar-refractivity contribution in [2.24, 2.45) is 0 Å².